The fraction of sp³-hybridized carbons (Fsp3) is 0.308. The third-order valence-corrected chi connectivity index (χ3v) is 8.12. The van der Waals surface area contributed by atoms with Crippen LogP contribution in [0.2, 0.25) is 0 Å². The topological polar surface area (TPSA) is 29.5 Å². The van der Waals surface area contributed by atoms with Gasteiger partial charge >= 0.3 is 21.2 Å². The molecule has 3 heteroatoms. The van der Waals surface area contributed by atoms with Crippen molar-refractivity contribution in [2.45, 2.75) is 52.6 Å². The maximum absolute atomic E-state index is 9.52. The van der Waals surface area contributed by atoms with Crippen LogP contribution in [0.5, 0.6) is 11.5 Å². The molecule has 0 aliphatic heterocycles. The zero-order valence-electron chi connectivity index (χ0n) is 18.1. The third kappa shape index (κ3) is 5.53. The molecule has 0 saturated heterocycles. The molecule has 0 amide bonds. The summed E-state index contributed by atoms with van der Waals surface area (Å²) in [6.07, 6.45) is 0. The van der Waals surface area contributed by atoms with Crippen molar-refractivity contribution in [3.05, 3.63) is 90.6 Å². The van der Waals surface area contributed by atoms with E-state index >= 15 is 0 Å². The van der Waals surface area contributed by atoms with E-state index in [1.54, 1.807) is 12.1 Å². The van der Waals surface area contributed by atoms with Crippen molar-refractivity contribution in [3.63, 3.8) is 0 Å². The van der Waals surface area contributed by atoms with Gasteiger partial charge in [0.15, 0.2) is 7.14 Å². The van der Waals surface area contributed by atoms with E-state index in [2.05, 4.69) is 70.2 Å². The highest BCUT2D eigenvalue weighted by Gasteiger charge is 2.25. The number of aromatic hydroxyl groups is 1. The van der Waals surface area contributed by atoms with Gasteiger partial charge in [-0.15, -0.1) is 0 Å². The largest absolute Gasteiger partial charge is 0.508 e. The molecule has 3 aromatic carbocycles. The summed E-state index contributed by atoms with van der Waals surface area (Å²) in [5, 5.41) is 9.52. The van der Waals surface area contributed by atoms with Gasteiger partial charge in [0.05, 0.1) is 0 Å². The van der Waals surface area contributed by atoms with E-state index in [0.29, 0.717) is 0 Å². The molecule has 0 bridgehead atoms. The zero-order chi connectivity index (χ0) is 21.2. The van der Waals surface area contributed by atoms with Gasteiger partial charge < -0.3 is 9.84 Å². The average Bonchev–Trinajstić information content (AvgIpc) is 2.64. The van der Waals surface area contributed by atoms with Crippen molar-refractivity contribution < 1.29 is 31.0 Å². The highest BCUT2D eigenvalue weighted by Crippen LogP contribution is 2.29. The van der Waals surface area contributed by atoms with Crippen molar-refractivity contribution in [1.29, 1.82) is 0 Å². The number of phenols is 1. The molecule has 2 nitrogen and oxygen atoms in total. The van der Waals surface area contributed by atoms with Crippen LogP contribution in [-0.2, 0) is 11.0 Å². The molecule has 3 aromatic rings. The molecule has 0 spiro atoms. The van der Waals surface area contributed by atoms with E-state index in [1.165, 1.54) is 18.3 Å². The van der Waals surface area contributed by atoms with E-state index in [0.717, 1.165) is 11.3 Å². The van der Waals surface area contributed by atoms with E-state index in [-0.39, 0.29) is 32.4 Å². The van der Waals surface area contributed by atoms with Gasteiger partial charge in [0.1, 0.15) is 17.1 Å². The Morgan fingerprint density at radius 1 is 0.759 bits per heavy atom. The second-order valence-corrected chi connectivity index (χ2v) is 11.9. The molecule has 0 radical (unpaired) electrons. The normalized spacial score (nSPS) is 12.1. The molecule has 29 heavy (non-hydrogen) atoms. The summed E-state index contributed by atoms with van der Waals surface area (Å²) in [6, 6.07) is 22.7. The molecule has 3 rings (SSSR count). The maximum Gasteiger partial charge on any atom is 0.358 e. The zero-order valence-corrected chi connectivity index (χ0v) is 20.2. The highest BCUT2D eigenvalue weighted by molar-refractivity contribution is 5.33. The summed E-state index contributed by atoms with van der Waals surface area (Å²) < 4.78 is 9.14. The molecule has 152 valence electrons. The van der Waals surface area contributed by atoms with Gasteiger partial charge in [-0.3, -0.25) is 0 Å². The quantitative estimate of drug-likeness (QED) is 0.543. The number of aryl methyl sites for hydroxylation is 1. The second-order valence-electron chi connectivity index (χ2n) is 8.92. The van der Waals surface area contributed by atoms with Crippen LogP contribution < -0.4 is 25.9 Å². The Labute approximate surface area is 185 Å². The second kappa shape index (κ2) is 8.39. The first kappa shape index (κ1) is 21.7. The number of halogens is 1. The Morgan fingerprint density at radius 2 is 1.34 bits per heavy atom. The average molecular weight is 501 g/mol. The summed E-state index contributed by atoms with van der Waals surface area (Å²) >= 11 is -0.221. The molecule has 0 aliphatic rings. The first-order valence-electron chi connectivity index (χ1n) is 9.89. The fourth-order valence-corrected chi connectivity index (χ4v) is 5.46. The van der Waals surface area contributed by atoms with Gasteiger partial charge in [0.2, 0.25) is 0 Å². The summed E-state index contributed by atoms with van der Waals surface area (Å²) in [6.45, 7) is 13.0. The predicted molar refractivity (Wildman–Crippen MR) is 115 cm³/mol. The van der Waals surface area contributed by atoms with Crippen LogP contribution in [0, 0.1) is 14.1 Å². The molecule has 0 atom stereocenters. The van der Waals surface area contributed by atoms with Crippen LogP contribution in [0.1, 0.15) is 51.3 Å². The molecular formula is C26H30IO2+. The minimum absolute atomic E-state index is 0.191. The Balaban J connectivity index is 1.74. The van der Waals surface area contributed by atoms with Crippen LogP contribution in [0.3, 0.4) is 0 Å². The number of hydrogen-bond donors (Lipinski definition) is 1. The van der Waals surface area contributed by atoms with Gasteiger partial charge in [-0.05, 0) is 79.8 Å². The van der Waals surface area contributed by atoms with Gasteiger partial charge in [-0.1, -0.05) is 45.0 Å². The Kier molecular flexibility index (Phi) is 6.27. The minimum Gasteiger partial charge on any atom is -0.508 e. The summed E-state index contributed by atoms with van der Waals surface area (Å²) in [5.74, 6) is 1.14. The molecule has 0 aromatic heterocycles. The van der Waals surface area contributed by atoms with Crippen LogP contribution in [0.25, 0.3) is 0 Å². The monoisotopic (exact) mass is 501 g/mol. The van der Waals surface area contributed by atoms with E-state index in [9.17, 15) is 5.11 Å². The number of rotatable bonds is 5. The van der Waals surface area contributed by atoms with Gasteiger partial charge in [0.25, 0.3) is 0 Å². The van der Waals surface area contributed by atoms with Gasteiger partial charge in [0, 0.05) is 5.56 Å². The lowest BCUT2D eigenvalue weighted by Crippen LogP contribution is -3.61. The van der Waals surface area contributed by atoms with Crippen molar-refractivity contribution in [2.24, 2.45) is 0 Å². The number of benzene rings is 3. The minimum atomic E-state index is -0.473. The lowest BCUT2D eigenvalue weighted by Gasteiger charge is -2.27. The maximum atomic E-state index is 9.52. The molecule has 0 aliphatic carbocycles. The van der Waals surface area contributed by atoms with Crippen LogP contribution >= 0.6 is 0 Å². The molecule has 0 unspecified atom stereocenters. The summed E-state index contributed by atoms with van der Waals surface area (Å²) in [4.78, 5) is 0. The van der Waals surface area contributed by atoms with E-state index < -0.39 is 5.60 Å². The molecule has 0 fully saturated rings. The standard InChI is InChI=1S/C26H29IO2/c1-18-17-23(29-26(5,6)20-9-13-22(28)14-10-20)15-16-24(18)27-21-11-7-19(8-12-21)25(2,3)4/h7-17H,1-6H3/p+1. The highest BCUT2D eigenvalue weighted by atomic mass is 127. The SMILES string of the molecule is Cc1cc(OC(C)(C)c2ccc(O)cc2)ccc1[I+]c1ccc(C(C)(C)C)cc1. The first-order chi connectivity index (χ1) is 13.5. The molecule has 0 saturated carbocycles. The van der Waals surface area contributed by atoms with Crippen LogP contribution in [-0.4, -0.2) is 5.11 Å². The molecule has 0 heterocycles. The summed E-state index contributed by atoms with van der Waals surface area (Å²) in [5.41, 5.74) is 3.40. The summed E-state index contributed by atoms with van der Waals surface area (Å²) in [7, 11) is 0. The number of ether oxygens (including phenoxy) is 1. The fourth-order valence-electron chi connectivity index (χ4n) is 3.13. The van der Waals surface area contributed by atoms with Crippen LogP contribution in [0.4, 0.5) is 0 Å². The van der Waals surface area contributed by atoms with Crippen molar-refractivity contribution in [3.8, 4) is 11.5 Å². The number of phenolic OH excluding ortho intramolecular Hbond substituents is 1. The Bertz CT molecular complexity index is 965. The van der Waals surface area contributed by atoms with Crippen molar-refractivity contribution in [2.75, 3.05) is 0 Å². The molecule has 1 N–H and O–H groups in total. The third-order valence-electron chi connectivity index (χ3n) is 4.99. The lowest BCUT2D eigenvalue weighted by atomic mass is 9.87. The first-order valence-corrected chi connectivity index (χ1v) is 12.0. The Hall–Kier alpha value is -2.01. The Morgan fingerprint density at radius 3 is 1.90 bits per heavy atom. The lowest BCUT2D eigenvalue weighted by molar-refractivity contribution is -0.598. The van der Waals surface area contributed by atoms with Gasteiger partial charge in [-0.25, -0.2) is 0 Å². The van der Waals surface area contributed by atoms with Gasteiger partial charge in [-0.2, -0.15) is 0 Å². The van der Waals surface area contributed by atoms with E-state index in [1.807, 2.05) is 26.0 Å². The van der Waals surface area contributed by atoms with Crippen LogP contribution in [0.15, 0.2) is 66.7 Å². The van der Waals surface area contributed by atoms with E-state index in [4.69, 9.17) is 4.74 Å². The van der Waals surface area contributed by atoms with Crippen molar-refractivity contribution >= 4 is 0 Å². The van der Waals surface area contributed by atoms with Crippen molar-refractivity contribution in [1.82, 2.24) is 0 Å². The number of hydrogen-bond acceptors (Lipinski definition) is 2. The molecular weight excluding hydrogens is 471 g/mol. The predicted octanol–water partition coefficient (Wildman–Crippen LogP) is 3.44. The smallest absolute Gasteiger partial charge is 0.358 e.